The molecule has 2 N–H and O–H groups in total. The lowest BCUT2D eigenvalue weighted by atomic mass is 9.77. The number of piperazine rings is 1. The van der Waals surface area contributed by atoms with Gasteiger partial charge in [-0.2, -0.15) is 4.98 Å². The van der Waals surface area contributed by atoms with E-state index in [-0.39, 0.29) is 23.4 Å². The van der Waals surface area contributed by atoms with E-state index in [0.717, 1.165) is 69.7 Å². The summed E-state index contributed by atoms with van der Waals surface area (Å²) in [5.74, 6) is 1.83. The third-order valence-electron chi connectivity index (χ3n) is 8.95. The van der Waals surface area contributed by atoms with Gasteiger partial charge in [0.15, 0.2) is 0 Å². The third kappa shape index (κ3) is 4.75. The molecule has 3 aliphatic heterocycles. The van der Waals surface area contributed by atoms with Gasteiger partial charge in [-0.05, 0) is 44.5 Å². The predicted octanol–water partition coefficient (Wildman–Crippen LogP) is 3.21. The van der Waals surface area contributed by atoms with Crippen molar-refractivity contribution in [2.45, 2.75) is 70.0 Å². The number of aromatic nitrogens is 3. The predicted molar refractivity (Wildman–Crippen MR) is 151 cm³/mol. The summed E-state index contributed by atoms with van der Waals surface area (Å²) >= 11 is 0. The summed E-state index contributed by atoms with van der Waals surface area (Å²) in [6.45, 7) is 8.51. The summed E-state index contributed by atoms with van der Waals surface area (Å²) in [7, 11) is 0. The van der Waals surface area contributed by atoms with Crippen LogP contribution < -0.4 is 15.5 Å². The molecule has 1 saturated carbocycles. The van der Waals surface area contributed by atoms with E-state index in [2.05, 4.69) is 44.2 Å². The molecule has 2 saturated heterocycles. The van der Waals surface area contributed by atoms with Gasteiger partial charge in [-0.1, -0.05) is 45.3 Å². The van der Waals surface area contributed by atoms with Crippen LogP contribution in [0.1, 0.15) is 68.3 Å². The number of pyridine rings is 1. The van der Waals surface area contributed by atoms with E-state index >= 15 is 0 Å². The second-order valence-corrected chi connectivity index (χ2v) is 11.1. The number of carbonyl (C=O) groups excluding carboxylic acids is 2. The average molecular weight is 531 g/mol. The first-order valence-electron chi connectivity index (χ1n) is 14.4. The lowest BCUT2D eigenvalue weighted by molar-refractivity contribution is -0.123. The molecule has 206 valence electrons. The lowest BCUT2D eigenvalue weighted by Crippen LogP contribution is -2.69. The van der Waals surface area contributed by atoms with Crippen LogP contribution in [0.25, 0.3) is 6.08 Å². The van der Waals surface area contributed by atoms with E-state index in [1.165, 1.54) is 6.42 Å². The molecule has 6 rings (SSSR count). The van der Waals surface area contributed by atoms with E-state index in [1.54, 1.807) is 18.5 Å². The van der Waals surface area contributed by atoms with Crippen molar-refractivity contribution >= 4 is 35.5 Å². The van der Waals surface area contributed by atoms with Gasteiger partial charge in [-0.15, -0.1) is 0 Å². The van der Waals surface area contributed by atoms with Gasteiger partial charge in [-0.25, -0.2) is 9.97 Å². The Morgan fingerprint density at radius 1 is 1.15 bits per heavy atom. The second-order valence-electron chi connectivity index (χ2n) is 11.1. The van der Waals surface area contributed by atoms with E-state index in [0.29, 0.717) is 29.9 Å². The van der Waals surface area contributed by atoms with Crippen LogP contribution >= 0.6 is 0 Å². The van der Waals surface area contributed by atoms with Gasteiger partial charge in [-0.3, -0.25) is 14.5 Å². The maximum atomic E-state index is 13.1. The van der Waals surface area contributed by atoms with Crippen molar-refractivity contribution < 1.29 is 9.59 Å². The maximum absolute atomic E-state index is 13.1. The van der Waals surface area contributed by atoms with Crippen LogP contribution in [-0.2, 0) is 4.79 Å². The molecule has 3 fully saturated rings. The molecule has 10 nitrogen and oxygen atoms in total. The van der Waals surface area contributed by atoms with Crippen molar-refractivity contribution in [2.24, 2.45) is 0 Å². The van der Waals surface area contributed by atoms with E-state index in [9.17, 15) is 9.59 Å². The highest BCUT2D eigenvalue weighted by atomic mass is 16.2. The van der Waals surface area contributed by atoms with Gasteiger partial charge in [0.25, 0.3) is 5.91 Å². The molecular formula is C29H38N8O2. The first-order valence-corrected chi connectivity index (χ1v) is 14.4. The SMILES string of the molecule is CCN(CC)C1CCN(C(=O)c2ccc(Nc3ncc4c(n3)N3C(C=C4)C(=O)NCC34CCCCC4)nc2)C1. The van der Waals surface area contributed by atoms with Crippen molar-refractivity contribution in [3.8, 4) is 0 Å². The van der Waals surface area contributed by atoms with Crippen molar-refractivity contribution in [3.05, 3.63) is 41.7 Å². The largest absolute Gasteiger partial charge is 0.352 e. The summed E-state index contributed by atoms with van der Waals surface area (Å²) in [5.41, 5.74) is 1.37. The molecule has 2 aromatic rings. The zero-order valence-corrected chi connectivity index (χ0v) is 22.9. The van der Waals surface area contributed by atoms with Gasteiger partial charge in [0.1, 0.15) is 17.7 Å². The number of fused-ring (bicyclic) bond motifs is 4. The summed E-state index contributed by atoms with van der Waals surface area (Å²) in [4.78, 5) is 46.4. The topological polar surface area (TPSA) is 107 Å². The molecule has 39 heavy (non-hydrogen) atoms. The Hall–Kier alpha value is -3.53. The highest BCUT2D eigenvalue weighted by Gasteiger charge is 2.49. The first kappa shape index (κ1) is 25.7. The summed E-state index contributed by atoms with van der Waals surface area (Å²) < 4.78 is 0. The van der Waals surface area contributed by atoms with Gasteiger partial charge < -0.3 is 20.4 Å². The Balaban J connectivity index is 1.18. The Morgan fingerprint density at radius 3 is 2.72 bits per heavy atom. The fourth-order valence-corrected chi connectivity index (χ4v) is 6.81. The average Bonchev–Trinajstić information content (AvgIpc) is 3.46. The minimum Gasteiger partial charge on any atom is -0.352 e. The molecular weight excluding hydrogens is 492 g/mol. The Bertz CT molecular complexity index is 1250. The third-order valence-corrected chi connectivity index (χ3v) is 8.95. The lowest BCUT2D eigenvalue weighted by Gasteiger charge is -2.54. The summed E-state index contributed by atoms with van der Waals surface area (Å²) in [6, 6.07) is 3.67. The molecule has 1 spiro atoms. The zero-order chi connectivity index (χ0) is 27.0. The molecule has 0 bridgehead atoms. The maximum Gasteiger partial charge on any atom is 0.255 e. The second kappa shape index (κ2) is 10.6. The molecule has 0 aromatic carbocycles. The molecule has 2 unspecified atom stereocenters. The summed E-state index contributed by atoms with van der Waals surface area (Å²) in [6.07, 6.45) is 13.9. The number of likely N-dealkylation sites (tertiary alicyclic amines) is 1. The van der Waals surface area contributed by atoms with E-state index < -0.39 is 0 Å². The highest BCUT2D eigenvalue weighted by Crippen LogP contribution is 2.42. The minimum absolute atomic E-state index is 0.0181. The smallest absolute Gasteiger partial charge is 0.255 e. The fraction of sp³-hybridized carbons (Fsp3) is 0.552. The number of hydrogen-bond donors (Lipinski definition) is 2. The number of amides is 2. The number of rotatable bonds is 6. The number of nitrogens with one attached hydrogen (secondary N) is 2. The van der Waals surface area contributed by atoms with Crippen molar-refractivity contribution in [1.29, 1.82) is 0 Å². The van der Waals surface area contributed by atoms with Crippen molar-refractivity contribution in [1.82, 2.24) is 30.1 Å². The number of anilines is 3. The van der Waals surface area contributed by atoms with Crippen LogP contribution in [0.3, 0.4) is 0 Å². The zero-order valence-electron chi connectivity index (χ0n) is 22.9. The van der Waals surface area contributed by atoms with Gasteiger partial charge in [0.2, 0.25) is 11.9 Å². The minimum atomic E-state index is -0.359. The number of nitrogens with zero attached hydrogens (tertiary/aromatic N) is 6. The van der Waals surface area contributed by atoms with Crippen molar-refractivity contribution in [3.63, 3.8) is 0 Å². The monoisotopic (exact) mass is 530 g/mol. The van der Waals surface area contributed by atoms with Gasteiger partial charge in [0, 0.05) is 43.6 Å². The normalized spacial score (nSPS) is 23.5. The number of hydrogen-bond acceptors (Lipinski definition) is 8. The summed E-state index contributed by atoms with van der Waals surface area (Å²) in [5, 5.41) is 6.35. The van der Waals surface area contributed by atoms with Gasteiger partial charge in [0.05, 0.1) is 11.1 Å². The van der Waals surface area contributed by atoms with Crippen LogP contribution in [0.4, 0.5) is 17.6 Å². The Kier molecular flexibility index (Phi) is 6.97. The number of likely N-dealkylation sites (N-methyl/N-ethyl adjacent to an activating group) is 1. The van der Waals surface area contributed by atoms with Crippen LogP contribution in [0.2, 0.25) is 0 Å². The van der Waals surface area contributed by atoms with Crippen LogP contribution in [0, 0.1) is 0 Å². The standard InChI is InChI=1S/C29H38N8O2/c1-3-35(4-2)22-12-15-36(18-22)27(39)21-9-11-24(30-17-21)33-28-31-16-20-8-10-23-26(38)32-19-29(13-6-5-7-14-29)37(23)25(20)34-28/h8-11,16-17,22-23H,3-7,12-15,18-19H2,1-2H3,(H,32,38)(H,30,31,33,34). The molecule has 1 aliphatic carbocycles. The van der Waals surface area contributed by atoms with Crippen LogP contribution in [-0.4, -0.2) is 86.9 Å². The molecule has 2 atom stereocenters. The number of carbonyl (C=O) groups is 2. The molecule has 2 aromatic heterocycles. The first-order chi connectivity index (χ1) is 19.0. The Morgan fingerprint density at radius 2 is 1.97 bits per heavy atom. The Labute approximate surface area is 229 Å². The fourth-order valence-electron chi connectivity index (χ4n) is 6.81. The molecule has 5 heterocycles. The van der Waals surface area contributed by atoms with E-state index in [4.69, 9.17) is 4.98 Å². The molecule has 10 heteroatoms. The molecule has 0 radical (unpaired) electrons. The quantitative estimate of drug-likeness (QED) is 0.587. The molecule has 4 aliphatic rings. The van der Waals surface area contributed by atoms with Crippen molar-refractivity contribution in [2.75, 3.05) is 42.9 Å². The molecule has 2 amide bonds. The van der Waals surface area contributed by atoms with E-state index in [1.807, 2.05) is 23.1 Å². The van der Waals surface area contributed by atoms with Crippen LogP contribution in [0.5, 0.6) is 0 Å². The van der Waals surface area contributed by atoms with Crippen LogP contribution in [0.15, 0.2) is 30.6 Å². The highest BCUT2D eigenvalue weighted by molar-refractivity contribution is 5.94. The van der Waals surface area contributed by atoms with Gasteiger partial charge >= 0.3 is 0 Å².